The minimum absolute atomic E-state index is 0.581. The number of hydrogen-bond acceptors (Lipinski definition) is 3. The maximum Gasteiger partial charge on any atom is 0.191 e. The fraction of sp³-hybridized carbons (Fsp3) is 0.429. The Labute approximate surface area is 155 Å². The highest BCUT2D eigenvalue weighted by atomic mass is 16.5. The molecule has 1 heterocycles. The van der Waals surface area contributed by atoms with Crippen molar-refractivity contribution < 1.29 is 4.74 Å². The predicted octanol–water partition coefficient (Wildman–Crippen LogP) is 3.43. The zero-order chi connectivity index (χ0) is 18.2. The molecule has 138 valence electrons. The Morgan fingerprint density at radius 3 is 2.77 bits per heavy atom. The molecule has 0 radical (unpaired) electrons. The molecule has 5 nitrogen and oxygen atoms in total. The smallest absolute Gasteiger partial charge is 0.191 e. The Morgan fingerprint density at radius 2 is 2.00 bits per heavy atom. The van der Waals surface area contributed by atoms with Crippen molar-refractivity contribution in [1.29, 1.82) is 0 Å². The van der Waals surface area contributed by atoms with Gasteiger partial charge in [-0.3, -0.25) is 4.98 Å². The second-order valence-corrected chi connectivity index (χ2v) is 6.68. The van der Waals surface area contributed by atoms with E-state index in [0.717, 1.165) is 47.7 Å². The van der Waals surface area contributed by atoms with Crippen molar-refractivity contribution in [3.05, 3.63) is 59.4 Å². The van der Waals surface area contributed by atoms with Crippen LogP contribution in [-0.2, 0) is 13.1 Å². The van der Waals surface area contributed by atoms with Gasteiger partial charge < -0.3 is 15.4 Å². The second kappa shape index (κ2) is 9.22. The van der Waals surface area contributed by atoms with E-state index in [0.29, 0.717) is 13.1 Å². The highest BCUT2D eigenvalue weighted by Gasteiger charge is 2.22. The highest BCUT2D eigenvalue weighted by Crippen LogP contribution is 2.30. The maximum atomic E-state index is 5.98. The van der Waals surface area contributed by atoms with Crippen molar-refractivity contribution >= 4 is 5.96 Å². The van der Waals surface area contributed by atoms with Gasteiger partial charge in [-0.25, -0.2) is 4.99 Å². The van der Waals surface area contributed by atoms with E-state index in [2.05, 4.69) is 28.6 Å². The zero-order valence-electron chi connectivity index (χ0n) is 15.7. The lowest BCUT2D eigenvalue weighted by atomic mass is 10.2. The van der Waals surface area contributed by atoms with Crippen LogP contribution in [0.2, 0.25) is 0 Å². The van der Waals surface area contributed by atoms with Gasteiger partial charge in [0.25, 0.3) is 0 Å². The molecule has 0 amide bonds. The molecule has 26 heavy (non-hydrogen) atoms. The number of aliphatic imine (C=N–C) groups is 1. The minimum Gasteiger partial charge on any atom is -0.493 e. The van der Waals surface area contributed by atoms with Crippen LogP contribution in [0.3, 0.4) is 0 Å². The Hall–Kier alpha value is -2.56. The Kier molecular flexibility index (Phi) is 6.47. The first-order chi connectivity index (χ1) is 12.7. The van der Waals surface area contributed by atoms with Gasteiger partial charge in [0.2, 0.25) is 0 Å². The molecule has 0 unspecified atom stereocenters. The van der Waals surface area contributed by atoms with Crippen molar-refractivity contribution in [2.75, 3.05) is 13.2 Å². The molecule has 3 rings (SSSR count). The van der Waals surface area contributed by atoms with Crippen molar-refractivity contribution in [3.63, 3.8) is 0 Å². The van der Waals surface area contributed by atoms with Crippen LogP contribution in [0.4, 0.5) is 0 Å². The number of rotatable bonds is 8. The van der Waals surface area contributed by atoms with Gasteiger partial charge in [-0.05, 0) is 50.8 Å². The summed E-state index contributed by atoms with van der Waals surface area (Å²) >= 11 is 0. The van der Waals surface area contributed by atoms with Crippen LogP contribution in [0.25, 0.3) is 0 Å². The van der Waals surface area contributed by atoms with Gasteiger partial charge in [-0.2, -0.15) is 0 Å². The quantitative estimate of drug-likeness (QED) is 0.564. The van der Waals surface area contributed by atoms with Crippen LogP contribution in [-0.4, -0.2) is 24.1 Å². The standard InChI is InChI=1S/C21H28N4O/c1-3-22-21(24-14-19-9-6-7-16(2)25-19)23-13-18-8-4-5-10-20(18)26-15-17-11-12-17/h4-10,17H,3,11-15H2,1-2H3,(H2,22,23,24). The normalized spacial score (nSPS) is 14.2. The third kappa shape index (κ3) is 5.76. The van der Waals surface area contributed by atoms with E-state index in [9.17, 15) is 0 Å². The molecular formula is C21H28N4O. The number of benzene rings is 1. The fourth-order valence-electron chi connectivity index (χ4n) is 2.65. The summed E-state index contributed by atoms with van der Waals surface area (Å²) in [6.45, 7) is 6.92. The van der Waals surface area contributed by atoms with Crippen LogP contribution >= 0.6 is 0 Å². The summed E-state index contributed by atoms with van der Waals surface area (Å²) in [4.78, 5) is 9.23. The highest BCUT2D eigenvalue weighted by molar-refractivity contribution is 5.79. The third-order valence-electron chi connectivity index (χ3n) is 4.28. The topological polar surface area (TPSA) is 58.5 Å². The third-order valence-corrected chi connectivity index (χ3v) is 4.28. The number of hydrogen-bond donors (Lipinski definition) is 2. The van der Waals surface area contributed by atoms with E-state index in [1.54, 1.807) is 0 Å². The van der Waals surface area contributed by atoms with Gasteiger partial charge in [-0.15, -0.1) is 0 Å². The number of ether oxygens (including phenoxy) is 1. The summed E-state index contributed by atoms with van der Waals surface area (Å²) in [7, 11) is 0. The monoisotopic (exact) mass is 352 g/mol. The maximum absolute atomic E-state index is 5.98. The Morgan fingerprint density at radius 1 is 1.15 bits per heavy atom. The van der Waals surface area contributed by atoms with Gasteiger partial charge in [0.15, 0.2) is 5.96 Å². The predicted molar refractivity (Wildman–Crippen MR) is 105 cm³/mol. The summed E-state index contributed by atoms with van der Waals surface area (Å²) in [5.74, 6) is 2.47. The first kappa shape index (κ1) is 18.2. The van der Waals surface area contributed by atoms with Gasteiger partial charge in [-0.1, -0.05) is 24.3 Å². The molecule has 0 bridgehead atoms. The second-order valence-electron chi connectivity index (χ2n) is 6.68. The Balaban J connectivity index is 1.61. The van der Waals surface area contributed by atoms with Crippen LogP contribution in [0.5, 0.6) is 5.75 Å². The van der Waals surface area contributed by atoms with Crippen molar-refractivity contribution in [2.45, 2.75) is 39.8 Å². The molecule has 1 saturated carbocycles. The number of aromatic nitrogens is 1. The summed E-state index contributed by atoms with van der Waals surface area (Å²) in [5, 5.41) is 6.64. The number of guanidine groups is 1. The molecule has 0 atom stereocenters. The number of aryl methyl sites for hydroxylation is 1. The molecule has 1 aliphatic carbocycles. The molecule has 1 aromatic carbocycles. The van der Waals surface area contributed by atoms with E-state index in [1.165, 1.54) is 12.8 Å². The molecule has 0 spiro atoms. The minimum atomic E-state index is 0.581. The van der Waals surface area contributed by atoms with E-state index in [-0.39, 0.29) is 0 Å². The first-order valence-corrected chi connectivity index (χ1v) is 9.40. The first-order valence-electron chi connectivity index (χ1n) is 9.40. The van der Waals surface area contributed by atoms with Gasteiger partial charge in [0, 0.05) is 17.8 Å². The number of nitrogens with zero attached hydrogens (tertiary/aromatic N) is 2. The molecule has 5 heteroatoms. The lowest BCUT2D eigenvalue weighted by molar-refractivity contribution is 0.297. The molecule has 0 saturated heterocycles. The van der Waals surface area contributed by atoms with Crippen molar-refractivity contribution in [2.24, 2.45) is 10.9 Å². The van der Waals surface area contributed by atoms with Crippen LogP contribution in [0.15, 0.2) is 47.5 Å². The molecule has 1 aliphatic rings. The SMILES string of the molecule is CCNC(=NCc1ccccc1OCC1CC1)NCc1cccc(C)n1. The number of nitrogens with one attached hydrogen (secondary N) is 2. The summed E-state index contributed by atoms with van der Waals surface area (Å²) in [6.07, 6.45) is 2.59. The van der Waals surface area contributed by atoms with Crippen LogP contribution in [0.1, 0.15) is 36.7 Å². The summed E-state index contributed by atoms with van der Waals surface area (Å²) in [6, 6.07) is 14.2. The van der Waals surface area contributed by atoms with Gasteiger partial charge >= 0.3 is 0 Å². The van der Waals surface area contributed by atoms with E-state index in [1.807, 2.05) is 43.3 Å². The average molecular weight is 352 g/mol. The Bertz CT molecular complexity index is 740. The van der Waals surface area contributed by atoms with E-state index >= 15 is 0 Å². The lowest BCUT2D eigenvalue weighted by Gasteiger charge is -2.13. The molecule has 1 aromatic heterocycles. The van der Waals surface area contributed by atoms with Gasteiger partial charge in [0.05, 0.1) is 25.4 Å². The van der Waals surface area contributed by atoms with Crippen LogP contribution in [0, 0.1) is 12.8 Å². The summed E-state index contributed by atoms with van der Waals surface area (Å²) in [5.41, 5.74) is 3.13. The lowest BCUT2D eigenvalue weighted by Crippen LogP contribution is -2.37. The molecule has 2 aromatic rings. The zero-order valence-corrected chi connectivity index (χ0v) is 15.7. The molecule has 2 N–H and O–H groups in total. The van der Waals surface area contributed by atoms with Crippen molar-refractivity contribution in [3.8, 4) is 5.75 Å². The number of para-hydroxylation sites is 1. The summed E-state index contributed by atoms with van der Waals surface area (Å²) < 4.78 is 5.98. The van der Waals surface area contributed by atoms with E-state index in [4.69, 9.17) is 9.73 Å². The van der Waals surface area contributed by atoms with Crippen molar-refractivity contribution in [1.82, 2.24) is 15.6 Å². The van der Waals surface area contributed by atoms with Gasteiger partial charge in [0.1, 0.15) is 5.75 Å². The average Bonchev–Trinajstić information content (AvgIpc) is 3.47. The molecular weight excluding hydrogens is 324 g/mol. The van der Waals surface area contributed by atoms with Crippen LogP contribution < -0.4 is 15.4 Å². The fourth-order valence-corrected chi connectivity index (χ4v) is 2.65. The molecule has 0 aliphatic heterocycles. The number of pyridine rings is 1. The largest absolute Gasteiger partial charge is 0.493 e. The molecule has 1 fully saturated rings. The van der Waals surface area contributed by atoms with E-state index < -0.39 is 0 Å².